The first-order chi connectivity index (χ1) is 12.0. The Hall–Kier alpha value is -2.05. The van der Waals surface area contributed by atoms with Crippen LogP contribution in [0.4, 0.5) is 0 Å². The Labute approximate surface area is 147 Å². The summed E-state index contributed by atoms with van der Waals surface area (Å²) in [5, 5.41) is 17.8. The molecule has 1 aromatic rings. The lowest BCUT2D eigenvalue weighted by Gasteiger charge is -2.53. The van der Waals surface area contributed by atoms with Gasteiger partial charge in [-0.25, -0.2) is 4.79 Å². The van der Waals surface area contributed by atoms with E-state index in [1.807, 2.05) is 18.2 Å². The lowest BCUT2D eigenvalue weighted by atomic mass is 9.63. The molecule has 2 heterocycles. The van der Waals surface area contributed by atoms with Gasteiger partial charge in [-0.15, -0.1) is 0 Å². The van der Waals surface area contributed by atoms with Crippen LogP contribution in [-0.4, -0.2) is 36.0 Å². The minimum Gasteiger partial charge on any atom is -0.513 e. The summed E-state index contributed by atoms with van der Waals surface area (Å²) >= 11 is 0. The topological polar surface area (TPSA) is 102 Å². The van der Waals surface area contributed by atoms with Crippen molar-refractivity contribution in [2.24, 2.45) is 11.1 Å². The second-order valence-electron chi connectivity index (χ2n) is 7.14. The fourth-order valence-corrected chi connectivity index (χ4v) is 3.96. The first kappa shape index (κ1) is 17.8. The van der Waals surface area contributed by atoms with Crippen LogP contribution in [0.2, 0.25) is 0 Å². The van der Waals surface area contributed by atoms with Crippen molar-refractivity contribution in [1.29, 1.82) is 0 Å². The molecule has 0 unspecified atom stereocenters. The lowest BCUT2D eigenvalue weighted by Crippen LogP contribution is -2.49. The number of aliphatic hydroxyl groups excluding tert-OH is 1. The standard InChI is InChI=1S/C19H25NO5/c20-16(11-21)14-2-1-3-15(10-14)19-6-4-18(5-7-19,13-25-19)8-9-24-12-17(22)23/h1-3,10-11,21H,4-9,12-13,20H2,(H,22,23)/b16-11-. The minimum absolute atomic E-state index is 0.0991. The predicted octanol–water partition coefficient (Wildman–Crippen LogP) is 2.78. The van der Waals surface area contributed by atoms with Crippen molar-refractivity contribution in [2.45, 2.75) is 37.7 Å². The number of ether oxygens (including phenoxy) is 2. The van der Waals surface area contributed by atoms with E-state index in [2.05, 4.69) is 6.07 Å². The maximum Gasteiger partial charge on any atom is 0.329 e. The molecule has 2 bridgehead atoms. The Morgan fingerprint density at radius 2 is 2.08 bits per heavy atom. The SMILES string of the molecule is N/C(=C\O)c1cccc(C23CCC(CCOCC(=O)O)(CC2)CO3)c1. The van der Waals surface area contributed by atoms with E-state index in [9.17, 15) is 4.79 Å². The quantitative estimate of drug-likeness (QED) is 0.518. The Bertz CT molecular complexity index is 645. The molecule has 2 aliphatic heterocycles. The molecule has 6 heteroatoms. The Kier molecular flexibility index (Phi) is 5.01. The van der Waals surface area contributed by atoms with Gasteiger partial charge in [0.1, 0.15) is 12.9 Å². The maximum absolute atomic E-state index is 10.5. The summed E-state index contributed by atoms with van der Waals surface area (Å²) in [6.45, 7) is 0.877. The monoisotopic (exact) mass is 347 g/mol. The van der Waals surface area contributed by atoms with E-state index in [0.29, 0.717) is 18.9 Å². The Morgan fingerprint density at radius 3 is 2.68 bits per heavy atom. The third-order valence-electron chi connectivity index (χ3n) is 5.64. The highest BCUT2D eigenvalue weighted by Crippen LogP contribution is 2.55. The summed E-state index contributed by atoms with van der Waals surface area (Å²) in [5.74, 6) is -0.934. The average molecular weight is 347 g/mol. The number of aliphatic hydroxyl groups is 1. The zero-order valence-electron chi connectivity index (χ0n) is 14.2. The molecule has 3 fully saturated rings. The maximum atomic E-state index is 10.5. The smallest absolute Gasteiger partial charge is 0.329 e. The largest absolute Gasteiger partial charge is 0.513 e. The molecule has 25 heavy (non-hydrogen) atoms. The number of hydrogen-bond acceptors (Lipinski definition) is 5. The number of rotatable bonds is 7. The number of benzene rings is 1. The summed E-state index contributed by atoms with van der Waals surface area (Å²) in [5.41, 5.74) is 7.87. The molecule has 2 saturated heterocycles. The number of carboxylic acids is 1. The van der Waals surface area contributed by atoms with Gasteiger partial charge in [-0.05, 0) is 49.1 Å². The highest BCUT2D eigenvalue weighted by Gasteiger charge is 2.50. The van der Waals surface area contributed by atoms with Gasteiger partial charge >= 0.3 is 5.97 Å². The zero-order chi connectivity index (χ0) is 17.9. The molecule has 1 aliphatic carbocycles. The van der Waals surface area contributed by atoms with Crippen LogP contribution in [0.15, 0.2) is 30.5 Å². The number of nitrogens with two attached hydrogens (primary N) is 1. The summed E-state index contributed by atoms with van der Waals surface area (Å²) < 4.78 is 11.5. The summed E-state index contributed by atoms with van der Waals surface area (Å²) in [7, 11) is 0. The number of carboxylic acid groups (broad SMARTS) is 1. The van der Waals surface area contributed by atoms with Crippen LogP contribution in [0.3, 0.4) is 0 Å². The van der Waals surface area contributed by atoms with Crippen LogP contribution in [-0.2, 0) is 19.9 Å². The van der Waals surface area contributed by atoms with E-state index >= 15 is 0 Å². The first-order valence-electron chi connectivity index (χ1n) is 8.63. The van der Waals surface area contributed by atoms with Crippen molar-refractivity contribution in [2.75, 3.05) is 19.8 Å². The molecule has 0 amide bonds. The van der Waals surface area contributed by atoms with Crippen molar-refractivity contribution in [3.8, 4) is 0 Å². The van der Waals surface area contributed by atoms with Crippen molar-refractivity contribution in [3.05, 3.63) is 41.7 Å². The molecule has 0 spiro atoms. The van der Waals surface area contributed by atoms with Gasteiger partial charge in [0, 0.05) is 12.2 Å². The number of fused-ring (bicyclic) bond motifs is 3. The van der Waals surface area contributed by atoms with Gasteiger partial charge in [-0.1, -0.05) is 18.2 Å². The first-order valence-corrected chi connectivity index (χ1v) is 8.63. The van der Waals surface area contributed by atoms with E-state index in [4.69, 9.17) is 25.4 Å². The highest BCUT2D eigenvalue weighted by molar-refractivity contribution is 5.68. The summed E-state index contributed by atoms with van der Waals surface area (Å²) in [6.07, 6.45) is 5.69. The molecular weight excluding hydrogens is 322 g/mol. The molecule has 0 radical (unpaired) electrons. The molecule has 136 valence electrons. The van der Waals surface area contributed by atoms with Crippen molar-refractivity contribution < 1.29 is 24.5 Å². The summed E-state index contributed by atoms with van der Waals surface area (Å²) in [6, 6.07) is 7.87. The fourth-order valence-electron chi connectivity index (χ4n) is 3.96. The normalized spacial score (nSPS) is 28.9. The Morgan fingerprint density at radius 1 is 1.32 bits per heavy atom. The predicted molar refractivity (Wildman–Crippen MR) is 92.8 cm³/mol. The molecular formula is C19H25NO5. The number of aliphatic carboxylic acids is 1. The van der Waals surface area contributed by atoms with Gasteiger partial charge < -0.3 is 25.4 Å². The van der Waals surface area contributed by atoms with Gasteiger partial charge in [0.25, 0.3) is 0 Å². The van der Waals surface area contributed by atoms with Crippen LogP contribution >= 0.6 is 0 Å². The van der Waals surface area contributed by atoms with Crippen LogP contribution in [0, 0.1) is 5.41 Å². The van der Waals surface area contributed by atoms with Gasteiger partial charge in [-0.2, -0.15) is 0 Å². The van der Waals surface area contributed by atoms with Crippen molar-refractivity contribution in [1.82, 2.24) is 0 Å². The highest BCUT2D eigenvalue weighted by atomic mass is 16.5. The number of hydrogen-bond donors (Lipinski definition) is 3. The van der Waals surface area contributed by atoms with Gasteiger partial charge in [-0.3, -0.25) is 0 Å². The summed E-state index contributed by atoms with van der Waals surface area (Å²) in [4.78, 5) is 10.5. The van der Waals surface area contributed by atoms with Gasteiger partial charge in [0.05, 0.1) is 17.9 Å². The third-order valence-corrected chi connectivity index (χ3v) is 5.64. The molecule has 3 aliphatic rings. The molecule has 1 saturated carbocycles. The van der Waals surface area contributed by atoms with Crippen molar-refractivity contribution in [3.63, 3.8) is 0 Å². The second kappa shape index (κ2) is 7.06. The molecule has 6 nitrogen and oxygen atoms in total. The molecule has 0 aromatic heterocycles. The zero-order valence-corrected chi connectivity index (χ0v) is 14.2. The molecule has 1 aromatic carbocycles. The van der Waals surface area contributed by atoms with E-state index in [1.165, 1.54) is 0 Å². The molecule has 4 N–H and O–H groups in total. The van der Waals surface area contributed by atoms with Crippen LogP contribution in [0.5, 0.6) is 0 Å². The van der Waals surface area contributed by atoms with Gasteiger partial charge in [0.2, 0.25) is 0 Å². The van der Waals surface area contributed by atoms with E-state index in [-0.39, 0.29) is 17.6 Å². The van der Waals surface area contributed by atoms with Crippen molar-refractivity contribution >= 4 is 11.7 Å². The van der Waals surface area contributed by atoms with Crippen LogP contribution in [0.25, 0.3) is 5.70 Å². The van der Waals surface area contributed by atoms with Crippen LogP contribution < -0.4 is 5.73 Å². The lowest BCUT2D eigenvalue weighted by molar-refractivity contribution is -0.194. The minimum atomic E-state index is -0.934. The van der Waals surface area contributed by atoms with E-state index in [0.717, 1.165) is 49.5 Å². The van der Waals surface area contributed by atoms with E-state index in [1.54, 1.807) is 0 Å². The third kappa shape index (κ3) is 3.65. The molecule has 4 rings (SSSR count). The fraction of sp³-hybridized carbons (Fsp3) is 0.526. The molecule has 0 atom stereocenters. The Balaban J connectivity index is 1.65. The van der Waals surface area contributed by atoms with Gasteiger partial charge in [0.15, 0.2) is 0 Å². The average Bonchev–Trinajstić information content (AvgIpc) is 2.66. The van der Waals surface area contributed by atoms with Crippen LogP contribution in [0.1, 0.15) is 43.2 Å². The second-order valence-corrected chi connectivity index (χ2v) is 7.14. The number of carbonyl (C=O) groups is 1. The van der Waals surface area contributed by atoms with E-state index < -0.39 is 5.97 Å².